The fraction of sp³-hybridized carbons (Fsp3) is 0.118. The molecule has 0 saturated heterocycles. The summed E-state index contributed by atoms with van der Waals surface area (Å²) in [5.41, 5.74) is 4.95. The van der Waals surface area contributed by atoms with Crippen molar-refractivity contribution in [2.75, 3.05) is 6.61 Å². The lowest BCUT2D eigenvalue weighted by atomic mass is 10.1. The summed E-state index contributed by atoms with van der Waals surface area (Å²) in [6, 6.07) is 9.30. The molecule has 0 aromatic heterocycles. The second-order valence-corrected chi connectivity index (χ2v) is 6.95. The van der Waals surface area contributed by atoms with Gasteiger partial charge in [-0.1, -0.05) is 28.1 Å². The lowest BCUT2D eigenvalue weighted by Gasteiger charge is -2.12. The van der Waals surface area contributed by atoms with E-state index in [1.807, 2.05) is 13.0 Å². The van der Waals surface area contributed by atoms with Crippen LogP contribution in [0.1, 0.15) is 26.3 Å². The van der Waals surface area contributed by atoms with Gasteiger partial charge >= 0.3 is 5.97 Å². The fourth-order valence-corrected chi connectivity index (χ4v) is 3.66. The molecule has 7 nitrogen and oxygen atoms in total. The largest absolute Gasteiger partial charge is 0.482 e. The van der Waals surface area contributed by atoms with Crippen molar-refractivity contribution in [1.82, 2.24) is 10.9 Å². The van der Waals surface area contributed by atoms with Gasteiger partial charge in [0.15, 0.2) is 6.61 Å². The maximum absolute atomic E-state index is 12.1. The molecular weight excluding hydrogens is 472 g/mol. The number of aromatic carboxylic acids is 1. The summed E-state index contributed by atoms with van der Waals surface area (Å²) < 4.78 is 7.00. The van der Waals surface area contributed by atoms with Gasteiger partial charge in [0, 0.05) is 4.47 Å². The van der Waals surface area contributed by atoms with Crippen LogP contribution in [0.25, 0.3) is 0 Å². The fourth-order valence-electron chi connectivity index (χ4n) is 2.11. The third kappa shape index (κ3) is 5.06. The molecule has 0 fully saturated rings. The second kappa shape index (κ2) is 8.81. The highest BCUT2D eigenvalue weighted by Gasteiger charge is 2.16. The van der Waals surface area contributed by atoms with E-state index in [9.17, 15) is 14.4 Å². The van der Waals surface area contributed by atoms with Crippen LogP contribution in [-0.4, -0.2) is 29.5 Å². The van der Waals surface area contributed by atoms with Crippen molar-refractivity contribution in [3.63, 3.8) is 0 Å². The summed E-state index contributed by atoms with van der Waals surface area (Å²) in [5, 5.41) is 9.08. The molecule has 2 aromatic carbocycles. The summed E-state index contributed by atoms with van der Waals surface area (Å²) in [7, 11) is 0. The summed E-state index contributed by atoms with van der Waals surface area (Å²) >= 11 is 6.70. The van der Waals surface area contributed by atoms with E-state index in [1.165, 1.54) is 24.3 Å². The molecule has 9 heteroatoms. The smallest absolute Gasteiger partial charge is 0.336 e. The Morgan fingerprint density at radius 3 is 2.35 bits per heavy atom. The average Bonchev–Trinajstić information content (AvgIpc) is 2.58. The number of hydrazine groups is 1. The first-order valence-electron chi connectivity index (χ1n) is 7.29. The topological polar surface area (TPSA) is 105 Å². The monoisotopic (exact) mass is 484 g/mol. The van der Waals surface area contributed by atoms with Crippen LogP contribution in [-0.2, 0) is 4.79 Å². The van der Waals surface area contributed by atoms with Crippen LogP contribution < -0.4 is 15.6 Å². The zero-order valence-corrected chi connectivity index (χ0v) is 16.7. The number of nitrogens with one attached hydrogen (secondary N) is 2. The van der Waals surface area contributed by atoms with E-state index in [1.54, 1.807) is 6.07 Å². The van der Waals surface area contributed by atoms with Crippen LogP contribution in [0.4, 0.5) is 0 Å². The van der Waals surface area contributed by atoms with Gasteiger partial charge in [-0.2, -0.15) is 0 Å². The Bertz CT molecular complexity index is 847. The van der Waals surface area contributed by atoms with Gasteiger partial charge in [-0.3, -0.25) is 20.4 Å². The van der Waals surface area contributed by atoms with Gasteiger partial charge in [-0.05, 0) is 52.7 Å². The number of hydrogen-bond acceptors (Lipinski definition) is 4. The number of carbonyl (C=O) groups excluding carboxylic acids is 2. The molecule has 0 bridgehead atoms. The van der Waals surface area contributed by atoms with E-state index in [0.717, 1.165) is 10.0 Å². The highest BCUT2D eigenvalue weighted by molar-refractivity contribution is 9.11. The van der Waals surface area contributed by atoms with Crippen LogP contribution in [0.15, 0.2) is 45.3 Å². The van der Waals surface area contributed by atoms with Crippen LogP contribution in [0.2, 0.25) is 0 Å². The molecule has 0 saturated carbocycles. The molecule has 2 rings (SSSR count). The molecule has 26 heavy (non-hydrogen) atoms. The summed E-state index contributed by atoms with van der Waals surface area (Å²) in [5.74, 6) is -2.07. The first-order chi connectivity index (χ1) is 12.3. The molecule has 2 aromatic rings. The van der Waals surface area contributed by atoms with Crippen molar-refractivity contribution in [1.29, 1.82) is 0 Å². The molecule has 0 aliphatic carbocycles. The molecule has 0 radical (unpaired) electrons. The maximum atomic E-state index is 12.1. The number of carbonyl (C=O) groups is 3. The summed E-state index contributed by atoms with van der Waals surface area (Å²) in [6.45, 7) is 1.50. The highest BCUT2D eigenvalue weighted by Crippen LogP contribution is 2.32. The number of aryl methyl sites for hydroxylation is 1. The van der Waals surface area contributed by atoms with E-state index in [2.05, 4.69) is 42.7 Å². The minimum absolute atomic E-state index is 0.0623. The Kier molecular flexibility index (Phi) is 6.76. The van der Waals surface area contributed by atoms with E-state index in [-0.39, 0.29) is 17.7 Å². The van der Waals surface area contributed by atoms with Crippen LogP contribution in [0.5, 0.6) is 5.75 Å². The predicted molar refractivity (Wildman–Crippen MR) is 101 cm³/mol. The normalized spacial score (nSPS) is 10.1. The zero-order chi connectivity index (χ0) is 19.3. The lowest BCUT2D eigenvalue weighted by molar-refractivity contribution is -0.123. The van der Waals surface area contributed by atoms with Gasteiger partial charge in [0.1, 0.15) is 5.75 Å². The Hall–Kier alpha value is -2.39. The van der Waals surface area contributed by atoms with Gasteiger partial charge in [0.2, 0.25) is 0 Å². The van der Waals surface area contributed by atoms with Gasteiger partial charge < -0.3 is 9.84 Å². The summed E-state index contributed by atoms with van der Waals surface area (Å²) in [4.78, 5) is 35.0. The van der Waals surface area contributed by atoms with E-state index in [4.69, 9.17) is 9.84 Å². The number of ether oxygens (including phenoxy) is 1. The molecule has 0 heterocycles. The molecule has 2 amide bonds. The Morgan fingerprint density at radius 1 is 1.08 bits per heavy atom. The number of carboxylic acid groups (broad SMARTS) is 1. The second-order valence-electron chi connectivity index (χ2n) is 5.18. The number of halogens is 2. The minimum atomic E-state index is -1.24. The van der Waals surface area contributed by atoms with Crippen LogP contribution >= 0.6 is 31.9 Å². The van der Waals surface area contributed by atoms with E-state index >= 15 is 0 Å². The van der Waals surface area contributed by atoms with Crippen molar-refractivity contribution in [2.24, 2.45) is 0 Å². The molecule has 0 unspecified atom stereocenters. The predicted octanol–water partition coefficient (Wildman–Crippen LogP) is 3.06. The van der Waals surface area contributed by atoms with Crippen LogP contribution in [0.3, 0.4) is 0 Å². The molecule has 0 atom stereocenters. The maximum Gasteiger partial charge on any atom is 0.336 e. The molecule has 136 valence electrons. The minimum Gasteiger partial charge on any atom is -0.482 e. The SMILES string of the molecule is Cc1cc(Br)cc(Br)c1OCC(=O)NNC(=O)c1ccccc1C(=O)O. The molecular formula is C17H14Br2N2O5. The third-order valence-electron chi connectivity index (χ3n) is 3.26. The quantitative estimate of drug-likeness (QED) is 0.564. The third-order valence-corrected chi connectivity index (χ3v) is 4.31. The standard InChI is InChI=1S/C17H14Br2N2O5/c1-9-6-10(18)7-13(19)15(9)26-8-14(22)20-21-16(23)11-4-2-3-5-12(11)17(24)25/h2-7H,8H2,1H3,(H,20,22)(H,21,23)(H,24,25). The number of hydrogen-bond donors (Lipinski definition) is 3. The number of amides is 2. The Morgan fingerprint density at radius 2 is 1.73 bits per heavy atom. The van der Waals surface area contributed by atoms with Crippen molar-refractivity contribution in [2.45, 2.75) is 6.92 Å². The van der Waals surface area contributed by atoms with Gasteiger partial charge in [0.25, 0.3) is 11.8 Å². The van der Waals surface area contributed by atoms with Crippen molar-refractivity contribution >= 4 is 49.6 Å². The van der Waals surface area contributed by atoms with Crippen molar-refractivity contribution < 1.29 is 24.2 Å². The van der Waals surface area contributed by atoms with Crippen molar-refractivity contribution in [3.05, 3.63) is 62.0 Å². The van der Waals surface area contributed by atoms with E-state index < -0.39 is 17.8 Å². The zero-order valence-electron chi connectivity index (χ0n) is 13.5. The molecule has 0 aliphatic heterocycles. The molecule has 0 aliphatic rings. The molecule has 3 N–H and O–H groups in total. The number of carboxylic acids is 1. The van der Waals surface area contributed by atoms with Gasteiger partial charge in [0.05, 0.1) is 15.6 Å². The number of benzene rings is 2. The summed E-state index contributed by atoms with van der Waals surface area (Å²) in [6.07, 6.45) is 0. The first kappa shape index (κ1) is 19.9. The highest BCUT2D eigenvalue weighted by atomic mass is 79.9. The Balaban J connectivity index is 1.94. The first-order valence-corrected chi connectivity index (χ1v) is 8.88. The van der Waals surface area contributed by atoms with Crippen LogP contribution in [0, 0.1) is 6.92 Å². The van der Waals surface area contributed by atoms with Gasteiger partial charge in [-0.15, -0.1) is 0 Å². The average molecular weight is 486 g/mol. The number of rotatable bonds is 5. The lowest BCUT2D eigenvalue weighted by Crippen LogP contribution is -2.44. The van der Waals surface area contributed by atoms with E-state index in [0.29, 0.717) is 10.2 Å². The van der Waals surface area contributed by atoms with Crippen molar-refractivity contribution in [3.8, 4) is 5.75 Å². The van der Waals surface area contributed by atoms with Gasteiger partial charge in [-0.25, -0.2) is 4.79 Å². The Labute approximate surface area is 166 Å². The molecule has 0 spiro atoms.